The highest BCUT2D eigenvalue weighted by Gasteiger charge is 2.48. The number of hydrogen-bond donors (Lipinski definition) is 6. The summed E-state index contributed by atoms with van der Waals surface area (Å²) in [5, 5.41) is 48.6. The Morgan fingerprint density at radius 3 is 2.44 bits per heavy atom. The van der Waals surface area contributed by atoms with Gasteiger partial charge in [0, 0.05) is 43.3 Å². The highest BCUT2D eigenvalue weighted by molar-refractivity contribution is 5.75. The highest BCUT2D eigenvalue weighted by Crippen LogP contribution is 2.43. The van der Waals surface area contributed by atoms with Crippen LogP contribution < -0.4 is 32.4 Å². The van der Waals surface area contributed by atoms with Crippen LogP contribution in [0.5, 0.6) is 11.5 Å². The van der Waals surface area contributed by atoms with E-state index in [-0.39, 0.29) is 59.6 Å². The second-order valence-corrected chi connectivity index (χ2v) is 15.1. The van der Waals surface area contributed by atoms with Gasteiger partial charge in [0.05, 0.1) is 51.2 Å². The molecule has 10 nitrogen and oxygen atoms in total. The third-order valence-electron chi connectivity index (χ3n) is 11.9. The maximum Gasteiger partial charge on any atom is 0.211 e. The smallest absolute Gasteiger partial charge is 0.211 e. The van der Waals surface area contributed by atoms with E-state index in [4.69, 9.17) is 9.47 Å². The van der Waals surface area contributed by atoms with Crippen LogP contribution in [-0.2, 0) is 21.7 Å². The van der Waals surface area contributed by atoms with Crippen molar-refractivity contribution in [2.45, 2.75) is 82.3 Å². The first kappa shape index (κ1) is 40.2. The summed E-state index contributed by atoms with van der Waals surface area (Å²) < 4.78 is 14.0. The molecular weight excluding hydrogens is 726 g/mol. The third kappa shape index (κ3) is 9.36. The first-order valence-electron chi connectivity index (χ1n) is 18.8. The van der Waals surface area contributed by atoms with E-state index >= 15 is 0 Å². The van der Waals surface area contributed by atoms with Crippen LogP contribution in [0.15, 0.2) is 66.7 Å². The van der Waals surface area contributed by atoms with Crippen LogP contribution in [0.3, 0.4) is 0 Å². The van der Waals surface area contributed by atoms with Gasteiger partial charge < -0.3 is 62.0 Å². The van der Waals surface area contributed by atoms with Crippen molar-refractivity contribution in [3.63, 3.8) is 0 Å². The average molecular weight is 783 g/mol. The molecule has 6 N–H and O–H groups in total. The van der Waals surface area contributed by atoms with Crippen molar-refractivity contribution in [1.29, 1.82) is 0 Å². The number of fused-ring (bicyclic) bond motifs is 3. The Morgan fingerprint density at radius 1 is 1.00 bits per heavy atom. The molecule has 11 heteroatoms. The van der Waals surface area contributed by atoms with Gasteiger partial charge in [-0.15, -0.1) is 0 Å². The van der Waals surface area contributed by atoms with Gasteiger partial charge in [0.15, 0.2) is 0 Å². The van der Waals surface area contributed by atoms with E-state index in [1.807, 2.05) is 43.3 Å². The second-order valence-electron chi connectivity index (χ2n) is 15.1. The number of aromatic hydroxyl groups is 1. The Morgan fingerprint density at radius 2 is 1.73 bits per heavy atom. The number of nitrogens with one attached hydrogen (secondary N) is 2. The predicted molar refractivity (Wildman–Crippen MR) is 196 cm³/mol. The first-order valence-corrected chi connectivity index (χ1v) is 18.8. The molecule has 284 valence electrons. The van der Waals surface area contributed by atoms with Crippen molar-refractivity contribution in [3.05, 3.63) is 89.0 Å². The standard InChI is InChI=1S/C41H55N3O7.BrH/c1-29(42-24-38(48)32-12-14-37(47)36(23-32)43-28-46)31-13-15-39(33(22-31)26-45)50-21-7-18-44-19-16-30(17-20-44)40(25-44)51-27-41(49,35-10-5-6-11-35)34-8-3-2-4-9-34;/h2-4,8-9,12-15,22-23,28-30,35,38,40,42,45,48-49H,5-7,10-11,16-21,24-27H2,1H3,(H-,43,46,47);1H/t29-,30?,38-,40-,41+,44?;/m0./s1. The number of carbonyl (C=O) groups excluding carboxylic acids is 1. The zero-order chi connectivity index (χ0) is 35.8. The molecular formula is C41H56BrN3O7. The third-order valence-corrected chi connectivity index (χ3v) is 11.9. The van der Waals surface area contributed by atoms with Gasteiger partial charge in [0.1, 0.15) is 29.7 Å². The molecule has 0 unspecified atom stereocenters. The summed E-state index contributed by atoms with van der Waals surface area (Å²) in [6.45, 7) is 7.34. The van der Waals surface area contributed by atoms with E-state index in [1.165, 1.54) is 18.9 Å². The maximum absolute atomic E-state index is 12.0. The number of aliphatic hydroxyl groups excluding tert-OH is 2. The molecule has 2 bridgehead atoms. The maximum atomic E-state index is 12.0. The van der Waals surface area contributed by atoms with E-state index < -0.39 is 11.7 Å². The lowest BCUT2D eigenvalue weighted by atomic mass is 9.80. The number of amides is 1. The minimum Gasteiger partial charge on any atom is -1.00 e. The van der Waals surface area contributed by atoms with Gasteiger partial charge in [-0.1, -0.05) is 55.3 Å². The molecule has 52 heavy (non-hydrogen) atoms. The van der Waals surface area contributed by atoms with Crippen LogP contribution in [0, 0.1) is 11.8 Å². The SMILES string of the molecule is C[C@H](NC[C@H](O)c1ccc(O)c(NC=O)c1)c1ccc(OCCC[N+]23CCC(CC2)[C@@H](OC[C@@](O)(c2ccccc2)C2CCCC2)C3)c(CO)c1.[Br-]. The number of halogens is 1. The van der Waals surface area contributed by atoms with Crippen molar-refractivity contribution in [2.75, 3.05) is 51.3 Å². The number of rotatable bonds is 18. The Hall–Kier alpha value is -3.03. The Kier molecular flexibility index (Phi) is 14.2. The number of anilines is 1. The summed E-state index contributed by atoms with van der Waals surface area (Å²) in [6.07, 6.45) is 7.45. The van der Waals surface area contributed by atoms with Crippen molar-refractivity contribution in [3.8, 4) is 11.5 Å². The molecule has 0 radical (unpaired) electrons. The second kappa shape index (κ2) is 18.3. The van der Waals surface area contributed by atoms with Gasteiger partial charge in [-0.2, -0.15) is 0 Å². The fraction of sp³-hybridized carbons (Fsp3) is 0.537. The lowest BCUT2D eigenvalue weighted by Crippen LogP contribution is -3.00. The fourth-order valence-corrected chi connectivity index (χ4v) is 8.70. The molecule has 1 aliphatic carbocycles. The zero-order valence-electron chi connectivity index (χ0n) is 30.3. The van der Waals surface area contributed by atoms with Gasteiger partial charge in [-0.3, -0.25) is 4.79 Å². The van der Waals surface area contributed by atoms with Crippen LogP contribution in [0.25, 0.3) is 0 Å². The van der Waals surface area contributed by atoms with Gasteiger partial charge >= 0.3 is 0 Å². The number of nitrogens with zero attached hydrogens (tertiary/aromatic N) is 1. The molecule has 3 aromatic carbocycles. The summed E-state index contributed by atoms with van der Waals surface area (Å²) in [4.78, 5) is 10.8. The molecule has 1 amide bonds. The van der Waals surface area contributed by atoms with Crippen LogP contribution in [0.4, 0.5) is 5.69 Å². The summed E-state index contributed by atoms with van der Waals surface area (Å²) in [7, 11) is 0. The number of ether oxygens (including phenoxy) is 2. The van der Waals surface area contributed by atoms with Gasteiger partial charge in [-0.25, -0.2) is 0 Å². The number of carbonyl (C=O) groups is 1. The number of hydrogen-bond acceptors (Lipinski definition) is 8. The van der Waals surface area contributed by atoms with Crippen LogP contribution >= 0.6 is 0 Å². The molecule has 4 atom stereocenters. The van der Waals surface area contributed by atoms with Crippen LogP contribution in [0.2, 0.25) is 0 Å². The predicted octanol–water partition coefficient (Wildman–Crippen LogP) is 2.31. The normalized spacial score (nSPS) is 23.7. The number of phenols is 1. The van der Waals surface area contributed by atoms with Crippen molar-refractivity contribution < 1.29 is 56.2 Å². The molecule has 3 saturated heterocycles. The van der Waals surface area contributed by atoms with Crippen molar-refractivity contribution in [1.82, 2.24) is 5.32 Å². The van der Waals surface area contributed by atoms with E-state index in [2.05, 4.69) is 22.8 Å². The molecule has 4 aliphatic rings. The fourth-order valence-electron chi connectivity index (χ4n) is 8.70. The van der Waals surface area contributed by atoms with E-state index in [1.54, 1.807) is 12.1 Å². The summed E-state index contributed by atoms with van der Waals surface area (Å²) in [5.74, 6) is 1.41. The Labute approximate surface area is 318 Å². The zero-order valence-corrected chi connectivity index (χ0v) is 31.8. The topological polar surface area (TPSA) is 141 Å². The lowest BCUT2D eigenvalue weighted by molar-refractivity contribution is -0.946. The number of benzene rings is 3. The summed E-state index contributed by atoms with van der Waals surface area (Å²) in [6, 6.07) is 20.5. The minimum absolute atomic E-state index is 0. The van der Waals surface area contributed by atoms with Gasteiger partial charge in [0.25, 0.3) is 0 Å². The molecule has 3 aromatic rings. The van der Waals surface area contributed by atoms with Gasteiger partial charge in [-0.05, 0) is 66.6 Å². The molecule has 3 aliphatic heterocycles. The molecule has 4 fully saturated rings. The van der Waals surface area contributed by atoms with Gasteiger partial charge in [0.2, 0.25) is 6.41 Å². The Bertz CT molecular complexity index is 1580. The monoisotopic (exact) mass is 781 g/mol. The molecule has 1 saturated carbocycles. The van der Waals surface area contributed by atoms with Crippen molar-refractivity contribution >= 4 is 12.1 Å². The number of piperidine rings is 3. The van der Waals surface area contributed by atoms with E-state index in [9.17, 15) is 25.2 Å². The van der Waals surface area contributed by atoms with Crippen LogP contribution in [0.1, 0.15) is 86.3 Å². The number of quaternary nitrogens is 1. The largest absolute Gasteiger partial charge is 1.00 e. The highest BCUT2D eigenvalue weighted by atomic mass is 79.9. The van der Waals surface area contributed by atoms with E-state index in [0.717, 1.165) is 79.5 Å². The molecule has 7 rings (SSSR count). The average Bonchev–Trinajstić information content (AvgIpc) is 3.72. The molecule has 0 spiro atoms. The van der Waals surface area contributed by atoms with E-state index in [0.29, 0.717) is 36.9 Å². The molecule has 0 aromatic heterocycles. The molecule has 3 heterocycles. The quantitative estimate of drug-likeness (QED) is 0.0501. The minimum atomic E-state index is -0.938. The van der Waals surface area contributed by atoms with Crippen LogP contribution in [-0.4, -0.2) is 83.4 Å². The number of aliphatic hydroxyl groups is 3. The summed E-state index contributed by atoms with van der Waals surface area (Å²) in [5.41, 5.74) is 2.52. The van der Waals surface area contributed by atoms with Crippen molar-refractivity contribution in [2.24, 2.45) is 11.8 Å². The number of phenolic OH excluding ortho intramolecular Hbond substituents is 1. The summed E-state index contributed by atoms with van der Waals surface area (Å²) >= 11 is 0. The first-order chi connectivity index (χ1) is 24.7. The lowest BCUT2D eigenvalue weighted by Gasteiger charge is -2.53. The Balaban J connectivity index is 0.00000523.